The Bertz CT molecular complexity index is 217. The molecule has 0 amide bonds. The van der Waals surface area contributed by atoms with Crippen LogP contribution in [0, 0.1) is 0 Å². The summed E-state index contributed by atoms with van der Waals surface area (Å²) in [4.78, 5) is 0. The summed E-state index contributed by atoms with van der Waals surface area (Å²) in [7, 11) is -1.50. The van der Waals surface area contributed by atoms with Crippen LogP contribution in [0.2, 0.25) is 18.1 Å². The molecule has 1 atom stereocenters. The van der Waals surface area contributed by atoms with Gasteiger partial charge in [-0.1, -0.05) is 20.8 Å². The average molecular weight is 257 g/mol. The van der Waals surface area contributed by atoms with Gasteiger partial charge in [-0.05, 0) is 56.8 Å². The topological polar surface area (TPSA) is 21.3 Å². The largest absolute Gasteiger partial charge is 0.417 e. The van der Waals surface area contributed by atoms with Gasteiger partial charge in [0.1, 0.15) is 0 Å². The standard InChI is InChI=1S/C14H31NOSi/c1-14(2,3)17(4,5)16-12-7-6-9-13-10-8-11-15-13/h13,15H,6-12H2,1-5H3. The van der Waals surface area contributed by atoms with Crippen LogP contribution in [-0.2, 0) is 4.43 Å². The van der Waals surface area contributed by atoms with Gasteiger partial charge in [0.15, 0.2) is 8.32 Å². The summed E-state index contributed by atoms with van der Waals surface area (Å²) < 4.78 is 6.18. The third-order valence-corrected chi connectivity index (χ3v) is 8.92. The van der Waals surface area contributed by atoms with Gasteiger partial charge in [-0.2, -0.15) is 0 Å². The Balaban J connectivity index is 2.07. The van der Waals surface area contributed by atoms with Crippen molar-refractivity contribution in [2.75, 3.05) is 13.2 Å². The van der Waals surface area contributed by atoms with E-state index < -0.39 is 8.32 Å². The minimum atomic E-state index is -1.50. The van der Waals surface area contributed by atoms with Crippen molar-refractivity contribution < 1.29 is 4.43 Å². The molecule has 17 heavy (non-hydrogen) atoms. The molecule has 1 saturated heterocycles. The van der Waals surface area contributed by atoms with Crippen LogP contribution in [0.1, 0.15) is 52.9 Å². The predicted octanol–water partition coefficient (Wildman–Crippen LogP) is 3.93. The van der Waals surface area contributed by atoms with E-state index in [-0.39, 0.29) is 0 Å². The van der Waals surface area contributed by atoms with E-state index >= 15 is 0 Å². The third kappa shape index (κ3) is 5.10. The summed E-state index contributed by atoms with van der Waals surface area (Å²) >= 11 is 0. The van der Waals surface area contributed by atoms with Gasteiger partial charge in [0, 0.05) is 12.6 Å². The van der Waals surface area contributed by atoms with Gasteiger partial charge in [-0.15, -0.1) is 0 Å². The monoisotopic (exact) mass is 257 g/mol. The zero-order chi connectivity index (χ0) is 12.9. The van der Waals surface area contributed by atoms with Gasteiger partial charge < -0.3 is 9.74 Å². The van der Waals surface area contributed by atoms with E-state index in [4.69, 9.17) is 4.43 Å². The van der Waals surface area contributed by atoms with Crippen molar-refractivity contribution in [3.8, 4) is 0 Å². The quantitative estimate of drug-likeness (QED) is 0.575. The predicted molar refractivity (Wildman–Crippen MR) is 78.0 cm³/mol. The first kappa shape index (κ1) is 15.2. The molecule has 1 rings (SSSR count). The lowest BCUT2D eigenvalue weighted by Crippen LogP contribution is -2.41. The van der Waals surface area contributed by atoms with E-state index in [1.165, 1.54) is 38.6 Å². The van der Waals surface area contributed by atoms with Crippen LogP contribution in [0.4, 0.5) is 0 Å². The maximum absolute atomic E-state index is 6.18. The molecule has 1 N–H and O–H groups in total. The summed E-state index contributed by atoms with van der Waals surface area (Å²) in [6, 6.07) is 0.794. The van der Waals surface area contributed by atoms with Crippen LogP contribution in [0.5, 0.6) is 0 Å². The summed E-state index contributed by atoms with van der Waals surface area (Å²) in [5.41, 5.74) is 0. The Labute approximate surface area is 109 Å². The van der Waals surface area contributed by atoms with E-state index in [0.717, 1.165) is 12.6 Å². The van der Waals surface area contributed by atoms with Crippen molar-refractivity contribution in [3.63, 3.8) is 0 Å². The molecule has 1 aliphatic heterocycles. The first-order valence-electron chi connectivity index (χ1n) is 7.20. The maximum Gasteiger partial charge on any atom is 0.191 e. The van der Waals surface area contributed by atoms with Crippen LogP contribution in [0.15, 0.2) is 0 Å². The first-order valence-corrected chi connectivity index (χ1v) is 10.1. The molecule has 0 aromatic heterocycles. The number of hydrogen-bond acceptors (Lipinski definition) is 2. The van der Waals surface area contributed by atoms with Gasteiger partial charge in [0.25, 0.3) is 0 Å². The Morgan fingerprint density at radius 3 is 2.47 bits per heavy atom. The van der Waals surface area contributed by atoms with Crippen molar-refractivity contribution in [2.24, 2.45) is 0 Å². The van der Waals surface area contributed by atoms with Crippen molar-refractivity contribution in [3.05, 3.63) is 0 Å². The lowest BCUT2D eigenvalue weighted by molar-refractivity contribution is 0.275. The molecule has 1 aliphatic rings. The fourth-order valence-corrected chi connectivity index (χ4v) is 3.13. The normalized spacial score (nSPS) is 22.1. The van der Waals surface area contributed by atoms with Crippen molar-refractivity contribution in [2.45, 2.75) is 77.0 Å². The highest BCUT2D eigenvalue weighted by Gasteiger charge is 2.36. The van der Waals surface area contributed by atoms with Gasteiger partial charge >= 0.3 is 0 Å². The minimum Gasteiger partial charge on any atom is -0.417 e. The molecule has 0 radical (unpaired) electrons. The molecule has 0 aliphatic carbocycles. The van der Waals surface area contributed by atoms with E-state index in [9.17, 15) is 0 Å². The summed E-state index contributed by atoms with van der Waals surface area (Å²) in [6.45, 7) is 13.8. The summed E-state index contributed by atoms with van der Waals surface area (Å²) in [5.74, 6) is 0. The molecule has 2 nitrogen and oxygen atoms in total. The molecular formula is C14H31NOSi. The molecule has 3 heteroatoms. The smallest absolute Gasteiger partial charge is 0.191 e. The number of nitrogens with one attached hydrogen (secondary N) is 1. The van der Waals surface area contributed by atoms with Crippen molar-refractivity contribution >= 4 is 8.32 Å². The SMILES string of the molecule is CC(C)(C)[Si](C)(C)OCCCCC1CCCN1. The molecule has 102 valence electrons. The molecular weight excluding hydrogens is 226 g/mol. The second kappa shape index (κ2) is 6.35. The molecule has 1 fully saturated rings. The van der Waals surface area contributed by atoms with Crippen molar-refractivity contribution in [1.29, 1.82) is 0 Å². The Morgan fingerprint density at radius 1 is 1.24 bits per heavy atom. The molecule has 1 unspecified atom stereocenters. The lowest BCUT2D eigenvalue weighted by atomic mass is 10.1. The Kier molecular flexibility index (Phi) is 5.67. The Hall–Kier alpha value is 0.137. The summed E-state index contributed by atoms with van der Waals surface area (Å²) in [6.07, 6.45) is 6.62. The average Bonchev–Trinajstić information content (AvgIpc) is 2.68. The highest BCUT2D eigenvalue weighted by molar-refractivity contribution is 6.74. The second-order valence-corrected chi connectivity index (χ2v) is 11.7. The van der Waals surface area contributed by atoms with E-state index in [1.807, 2.05) is 0 Å². The van der Waals surface area contributed by atoms with Crippen LogP contribution in [0.25, 0.3) is 0 Å². The van der Waals surface area contributed by atoms with Crippen LogP contribution >= 0.6 is 0 Å². The molecule has 0 saturated carbocycles. The van der Waals surface area contributed by atoms with E-state index in [1.54, 1.807) is 0 Å². The van der Waals surface area contributed by atoms with Gasteiger partial charge in [-0.25, -0.2) is 0 Å². The van der Waals surface area contributed by atoms with Gasteiger partial charge in [0.05, 0.1) is 0 Å². The molecule has 0 bridgehead atoms. The lowest BCUT2D eigenvalue weighted by Gasteiger charge is -2.36. The zero-order valence-electron chi connectivity index (χ0n) is 12.4. The second-order valence-electron chi connectivity index (χ2n) is 6.90. The Morgan fingerprint density at radius 2 is 1.94 bits per heavy atom. The van der Waals surface area contributed by atoms with E-state index in [0.29, 0.717) is 5.04 Å². The van der Waals surface area contributed by atoms with Crippen LogP contribution < -0.4 is 5.32 Å². The van der Waals surface area contributed by atoms with Gasteiger partial charge in [0.2, 0.25) is 0 Å². The highest BCUT2D eigenvalue weighted by Crippen LogP contribution is 2.36. The van der Waals surface area contributed by atoms with E-state index in [2.05, 4.69) is 39.2 Å². The fraction of sp³-hybridized carbons (Fsp3) is 1.00. The van der Waals surface area contributed by atoms with Crippen molar-refractivity contribution in [1.82, 2.24) is 5.32 Å². The highest BCUT2D eigenvalue weighted by atomic mass is 28.4. The maximum atomic E-state index is 6.18. The fourth-order valence-electron chi connectivity index (χ4n) is 2.04. The first-order chi connectivity index (χ1) is 7.83. The molecule has 1 heterocycles. The molecule has 0 spiro atoms. The van der Waals surface area contributed by atoms with Crippen LogP contribution in [-0.4, -0.2) is 27.5 Å². The molecule has 0 aromatic rings. The van der Waals surface area contributed by atoms with Crippen LogP contribution in [0.3, 0.4) is 0 Å². The van der Waals surface area contributed by atoms with Gasteiger partial charge in [-0.3, -0.25) is 0 Å². The summed E-state index contributed by atoms with van der Waals surface area (Å²) in [5, 5.41) is 3.90. The third-order valence-electron chi connectivity index (χ3n) is 4.38. The number of rotatable bonds is 6. The molecule has 0 aromatic carbocycles. The number of hydrogen-bond donors (Lipinski definition) is 1. The minimum absolute atomic E-state index is 0.347. The number of unbranched alkanes of at least 4 members (excludes halogenated alkanes) is 1. The zero-order valence-corrected chi connectivity index (χ0v) is 13.4.